The van der Waals surface area contributed by atoms with E-state index in [1.807, 2.05) is 0 Å². The molecule has 0 radical (unpaired) electrons. The Balaban J connectivity index is 2.07. The standard InChI is InChI=1S/C9H17NO/c10-8-3-6-11-7-9(8)4-1-2-5-9/h8H,1-7,10H2. The van der Waals surface area contributed by atoms with E-state index >= 15 is 0 Å². The summed E-state index contributed by atoms with van der Waals surface area (Å²) in [5.74, 6) is 0. The molecule has 0 amide bonds. The van der Waals surface area contributed by atoms with Gasteiger partial charge in [0.1, 0.15) is 0 Å². The van der Waals surface area contributed by atoms with Crippen molar-refractivity contribution >= 4 is 0 Å². The molecule has 1 spiro atoms. The Labute approximate surface area is 68.1 Å². The Hall–Kier alpha value is -0.0800. The van der Waals surface area contributed by atoms with Gasteiger partial charge in [0.25, 0.3) is 0 Å². The van der Waals surface area contributed by atoms with Gasteiger partial charge < -0.3 is 10.5 Å². The van der Waals surface area contributed by atoms with Crippen LogP contribution in [-0.4, -0.2) is 19.3 Å². The molecule has 0 bridgehead atoms. The number of rotatable bonds is 0. The summed E-state index contributed by atoms with van der Waals surface area (Å²) in [5, 5.41) is 0. The van der Waals surface area contributed by atoms with Gasteiger partial charge in [0.05, 0.1) is 6.61 Å². The zero-order valence-corrected chi connectivity index (χ0v) is 7.01. The maximum Gasteiger partial charge on any atom is 0.0537 e. The third-order valence-electron chi connectivity index (χ3n) is 3.35. The molecule has 1 heterocycles. The van der Waals surface area contributed by atoms with E-state index in [0.717, 1.165) is 19.6 Å². The van der Waals surface area contributed by atoms with E-state index < -0.39 is 0 Å². The second-order valence-electron chi connectivity index (χ2n) is 4.02. The van der Waals surface area contributed by atoms with Gasteiger partial charge in [0.2, 0.25) is 0 Å². The molecule has 0 aromatic carbocycles. The molecule has 0 aromatic heterocycles. The molecule has 1 aliphatic carbocycles. The molecule has 64 valence electrons. The molecule has 1 saturated heterocycles. The third kappa shape index (κ3) is 1.18. The molecule has 2 rings (SSSR count). The summed E-state index contributed by atoms with van der Waals surface area (Å²) >= 11 is 0. The SMILES string of the molecule is NC1CCOCC12CCCC2. The Morgan fingerprint density at radius 1 is 1.27 bits per heavy atom. The van der Waals surface area contributed by atoms with E-state index in [4.69, 9.17) is 10.5 Å². The maximum absolute atomic E-state index is 6.10. The van der Waals surface area contributed by atoms with Crippen LogP contribution in [0, 0.1) is 5.41 Å². The van der Waals surface area contributed by atoms with E-state index in [1.165, 1.54) is 25.7 Å². The highest BCUT2D eigenvalue weighted by Crippen LogP contribution is 2.43. The van der Waals surface area contributed by atoms with Crippen LogP contribution in [0.4, 0.5) is 0 Å². The minimum Gasteiger partial charge on any atom is -0.381 e. The molecule has 0 aromatic rings. The van der Waals surface area contributed by atoms with Crippen LogP contribution >= 0.6 is 0 Å². The van der Waals surface area contributed by atoms with Crippen LogP contribution in [0.1, 0.15) is 32.1 Å². The minimum atomic E-state index is 0.387. The number of ether oxygens (including phenoxy) is 1. The number of nitrogens with two attached hydrogens (primary N) is 1. The average molecular weight is 155 g/mol. The minimum absolute atomic E-state index is 0.387. The van der Waals surface area contributed by atoms with Crippen molar-refractivity contribution in [3.8, 4) is 0 Å². The van der Waals surface area contributed by atoms with E-state index in [2.05, 4.69) is 0 Å². The summed E-state index contributed by atoms with van der Waals surface area (Å²) in [6.45, 7) is 1.80. The van der Waals surface area contributed by atoms with Crippen molar-refractivity contribution in [3.63, 3.8) is 0 Å². The van der Waals surface area contributed by atoms with E-state index in [1.54, 1.807) is 0 Å². The van der Waals surface area contributed by atoms with Crippen molar-refractivity contribution in [1.29, 1.82) is 0 Å². The molecule has 2 nitrogen and oxygen atoms in total. The summed E-state index contributed by atoms with van der Waals surface area (Å²) in [6.07, 6.45) is 6.39. The molecule has 1 atom stereocenters. The van der Waals surface area contributed by atoms with Crippen molar-refractivity contribution in [3.05, 3.63) is 0 Å². The molecule has 11 heavy (non-hydrogen) atoms. The van der Waals surface area contributed by atoms with Gasteiger partial charge in [-0.25, -0.2) is 0 Å². The monoisotopic (exact) mass is 155 g/mol. The van der Waals surface area contributed by atoms with Gasteiger partial charge in [-0.15, -0.1) is 0 Å². The molecule has 2 fully saturated rings. The van der Waals surface area contributed by atoms with Gasteiger partial charge in [0.15, 0.2) is 0 Å². The Bertz CT molecular complexity index is 140. The normalized spacial score (nSPS) is 36.3. The fourth-order valence-corrected chi connectivity index (χ4v) is 2.49. The summed E-state index contributed by atoms with van der Waals surface area (Å²) in [6, 6.07) is 0.416. The third-order valence-corrected chi connectivity index (χ3v) is 3.35. The summed E-state index contributed by atoms with van der Waals surface area (Å²) in [5.41, 5.74) is 6.48. The van der Waals surface area contributed by atoms with Crippen molar-refractivity contribution in [2.75, 3.05) is 13.2 Å². The van der Waals surface area contributed by atoms with Crippen molar-refractivity contribution in [1.82, 2.24) is 0 Å². The predicted molar refractivity (Wildman–Crippen MR) is 44.3 cm³/mol. The first-order valence-electron chi connectivity index (χ1n) is 4.67. The fourth-order valence-electron chi connectivity index (χ4n) is 2.49. The van der Waals surface area contributed by atoms with Gasteiger partial charge in [-0.2, -0.15) is 0 Å². The number of hydrogen-bond acceptors (Lipinski definition) is 2. The van der Waals surface area contributed by atoms with Crippen LogP contribution in [0.5, 0.6) is 0 Å². The molecular formula is C9H17NO. The van der Waals surface area contributed by atoms with Crippen LogP contribution in [0.3, 0.4) is 0 Å². The van der Waals surface area contributed by atoms with Gasteiger partial charge in [-0.05, 0) is 19.3 Å². The van der Waals surface area contributed by atoms with Gasteiger partial charge in [-0.1, -0.05) is 12.8 Å². The molecule has 2 aliphatic rings. The maximum atomic E-state index is 6.10. The Morgan fingerprint density at radius 3 is 2.64 bits per heavy atom. The van der Waals surface area contributed by atoms with E-state index in [0.29, 0.717) is 11.5 Å². The first-order valence-corrected chi connectivity index (χ1v) is 4.67. The Kier molecular flexibility index (Phi) is 1.90. The van der Waals surface area contributed by atoms with Crippen LogP contribution < -0.4 is 5.73 Å². The van der Waals surface area contributed by atoms with Crippen LogP contribution in [-0.2, 0) is 4.74 Å². The first-order chi connectivity index (χ1) is 5.33. The van der Waals surface area contributed by atoms with Crippen molar-refractivity contribution in [2.24, 2.45) is 11.1 Å². The molecule has 2 heteroatoms. The van der Waals surface area contributed by atoms with E-state index in [9.17, 15) is 0 Å². The molecule has 1 aliphatic heterocycles. The quantitative estimate of drug-likeness (QED) is 0.572. The largest absolute Gasteiger partial charge is 0.381 e. The first kappa shape index (κ1) is 7.56. The van der Waals surface area contributed by atoms with Crippen LogP contribution in [0.2, 0.25) is 0 Å². The molecule has 1 unspecified atom stereocenters. The summed E-state index contributed by atoms with van der Waals surface area (Å²) < 4.78 is 5.50. The highest BCUT2D eigenvalue weighted by atomic mass is 16.5. The average Bonchev–Trinajstić information content (AvgIpc) is 2.46. The lowest BCUT2D eigenvalue weighted by molar-refractivity contribution is -0.0189. The summed E-state index contributed by atoms with van der Waals surface area (Å²) in [7, 11) is 0. The van der Waals surface area contributed by atoms with E-state index in [-0.39, 0.29) is 0 Å². The van der Waals surface area contributed by atoms with Gasteiger partial charge in [0, 0.05) is 18.1 Å². The highest BCUT2D eigenvalue weighted by Gasteiger charge is 2.41. The van der Waals surface area contributed by atoms with Crippen LogP contribution in [0.15, 0.2) is 0 Å². The lowest BCUT2D eigenvalue weighted by Gasteiger charge is -2.38. The lowest BCUT2D eigenvalue weighted by atomic mass is 9.77. The highest BCUT2D eigenvalue weighted by molar-refractivity contribution is 4.94. The van der Waals surface area contributed by atoms with Crippen molar-refractivity contribution in [2.45, 2.75) is 38.1 Å². The topological polar surface area (TPSA) is 35.2 Å². The molecule has 1 saturated carbocycles. The predicted octanol–water partition coefficient (Wildman–Crippen LogP) is 1.29. The Morgan fingerprint density at radius 2 is 2.00 bits per heavy atom. The lowest BCUT2D eigenvalue weighted by Crippen LogP contribution is -2.47. The van der Waals surface area contributed by atoms with Gasteiger partial charge in [-0.3, -0.25) is 0 Å². The molecule has 2 N–H and O–H groups in total. The van der Waals surface area contributed by atoms with Crippen molar-refractivity contribution < 1.29 is 4.74 Å². The zero-order chi connectivity index (χ0) is 7.73. The summed E-state index contributed by atoms with van der Waals surface area (Å²) in [4.78, 5) is 0. The second kappa shape index (κ2) is 2.76. The fraction of sp³-hybridized carbons (Fsp3) is 1.00. The number of hydrogen-bond donors (Lipinski definition) is 1. The van der Waals surface area contributed by atoms with Crippen LogP contribution in [0.25, 0.3) is 0 Å². The van der Waals surface area contributed by atoms with Gasteiger partial charge >= 0.3 is 0 Å². The smallest absolute Gasteiger partial charge is 0.0537 e. The second-order valence-corrected chi connectivity index (χ2v) is 4.02. The zero-order valence-electron chi connectivity index (χ0n) is 7.01. The molecular weight excluding hydrogens is 138 g/mol.